The first-order valence-electron chi connectivity index (χ1n) is 9.58. The highest BCUT2D eigenvalue weighted by atomic mass is 127. The topological polar surface area (TPSA) is 47.3 Å². The van der Waals surface area contributed by atoms with Crippen molar-refractivity contribution >= 4 is 29.9 Å². The van der Waals surface area contributed by atoms with Crippen molar-refractivity contribution in [2.24, 2.45) is 4.99 Å². The Labute approximate surface area is 175 Å². The van der Waals surface area contributed by atoms with Crippen molar-refractivity contribution in [1.29, 1.82) is 0 Å². The van der Waals surface area contributed by atoms with E-state index >= 15 is 0 Å². The first-order chi connectivity index (χ1) is 12.2. The molecule has 0 aliphatic carbocycles. The van der Waals surface area contributed by atoms with E-state index in [4.69, 9.17) is 4.42 Å². The third-order valence-electron chi connectivity index (χ3n) is 5.53. The lowest BCUT2D eigenvalue weighted by atomic mass is 10.1. The summed E-state index contributed by atoms with van der Waals surface area (Å²) in [4.78, 5) is 11.8. The minimum Gasteiger partial charge on any atom is -0.468 e. The molecule has 2 saturated heterocycles. The molecule has 6 nitrogen and oxygen atoms in total. The third kappa shape index (κ3) is 5.36. The van der Waals surface area contributed by atoms with Crippen molar-refractivity contribution in [3.63, 3.8) is 0 Å². The lowest BCUT2D eigenvalue weighted by Crippen LogP contribution is -2.46. The van der Waals surface area contributed by atoms with Crippen LogP contribution >= 0.6 is 24.0 Å². The minimum absolute atomic E-state index is 0. The van der Waals surface area contributed by atoms with Crippen LogP contribution in [0.3, 0.4) is 0 Å². The van der Waals surface area contributed by atoms with Gasteiger partial charge in [0.25, 0.3) is 0 Å². The van der Waals surface area contributed by atoms with E-state index in [-0.39, 0.29) is 30.0 Å². The molecule has 7 heteroatoms. The molecule has 2 unspecified atom stereocenters. The van der Waals surface area contributed by atoms with E-state index in [1.807, 2.05) is 19.2 Å². The van der Waals surface area contributed by atoms with Gasteiger partial charge < -0.3 is 14.6 Å². The molecule has 3 rings (SSSR count). The van der Waals surface area contributed by atoms with Crippen LogP contribution in [-0.2, 0) is 0 Å². The van der Waals surface area contributed by atoms with Gasteiger partial charge in [-0.3, -0.25) is 14.8 Å². The highest BCUT2D eigenvalue weighted by Gasteiger charge is 2.30. The number of furan rings is 1. The number of nitrogens with zero attached hydrogens (tertiary/aromatic N) is 4. The first-order valence-corrected chi connectivity index (χ1v) is 9.58. The van der Waals surface area contributed by atoms with Gasteiger partial charge in [-0.15, -0.1) is 24.0 Å². The van der Waals surface area contributed by atoms with E-state index in [1.165, 1.54) is 38.8 Å². The molecule has 0 bridgehead atoms. The Balaban J connectivity index is 0.00000243. The number of likely N-dealkylation sites (tertiary alicyclic amines) is 2. The van der Waals surface area contributed by atoms with E-state index in [0.29, 0.717) is 6.04 Å². The van der Waals surface area contributed by atoms with Crippen molar-refractivity contribution in [2.45, 2.75) is 37.8 Å². The van der Waals surface area contributed by atoms with Gasteiger partial charge in [0.15, 0.2) is 5.96 Å². The molecular weight excluding hydrogens is 441 g/mol. The standard InChI is InChI=1S/C19H33N5O.HI/c1-20-19(21-14-17(22(2)3)18-8-7-13-25-18)24-12-9-16(15-24)23-10-5-4-6-11-23;/h7-8,13,16-17H,4-6,9-12,14-15H2,1-3H3,(H,20,21);1H. The van der Waals surface area contributed by atoms with Gasteiger partial charge in [-0.1, -0.05) is 6.42 Å². The molecule has 1 aromatic heterocycles. The molecule has 1 aromatic rings. The Hall–Kier alpha value is -0.800. The number of piperidine rings is 1. The lowest BCUT2D eigenvalue weighted by molar-refractivity contribution is 0.168. The average Bonchev–Trinajstić information content (AvgIpc) is 3.31. The summed E-state index contributed by atoms with van der Waals surface area (Å²) in [7, 11) is 6.05. The molecule has 2 aliphatic rings. The Bertz CT molecular complexity index is 542. The maximum atomic E-state index is 5.60. The summed E-state index contributed by atoms with van der Waals surface area (Å²) in [5, 5.41) is 3.56. The Morgan fingerprint density at radius 3 is 2.69 bits per heavy atom. The molecule has 2 fully saturated rings. The molecule has 3 heterocycles. The summed E-state index contributed by atoms with van der Waals surface area (Å²) in [5.74, 6) is 2.00. The highest BCUT2D eigenvalue weighted by molar-refractivity contribution is 14.0. The number of rotatable bonds is 5. The number of nitrogens with one attached hydrogen (secondary N) is 1. The lowest BCUT2D eigenvalue weighted by Gasteiger charge is -2.32. The predicted octanol–water partition coefficient (Wildman–Crippen LogP) is 2.64. The van der Waals surface area contributed by atoms with Gasteiger partial charge in [0.2, 0.25) is 0 Å². The van der Waals surface area contributed by atoms with E-state index in [2.05, 4.69) is 39.1 Å². The van der Waals surface area contributed by atoms with E-state index in [0.717, 1.165) is 31.4 Å². The second-order valence-electron chi connectivity index (χ2n) is 7.41. The molecular formula is C19H34IN5O. The monoisotopic (exact) mass is 475 g/mol. The van der Waals surface area contributed by atoms with Crippen LogP contribution in [-0.4, -0.2) is 80.6 Å². The largest absolute Gasteiger partial charge is 0.468 e. The normalized spacial score (nSPS) is 23.2. The van der Waals surface area contributed by atoms with Crippen LogP contribution in [0, 0.1) is 0 Å². The fourth-order valence-corrected chi connectivity index (χ4v) is 4.05. The summed E-state index contributed by atoms with van der Waals surface area (Å²) in [5.41, 5.74) is 0. The minimum atomic E-state index is 0. The Morgan fingerprint density at radius 1 is 1.31 bits per heavy atom. The predicted molar refractivity (Wildman–Crippen MR) is 117 cm³/mol. The molecule has 2 aliphatic heterocycles. The molecule has 26 heavy (non-hydrogen) atoms. The molecule has 0 aromatic carbocycles. The summed E-state index contributed by atoms with van der Waals surface area (Å²) in [6.07, 6.45) is 7.10. The second kappa shape index (κ2) is 10.5. The molecule has 0 saturated carbocycles. The van der Waals surface area contributed by atoms with E-state index in [9.17, 15) is 0 Å². The number of halogens is 1. The van der Waals surface area contributed by atoms with Gasteiger partial charge in [0.05, 0.1) is 12.3 Å². The number of likely N-dealkylation sites (N-methyl/N-ethyl adjacent to an activating group) is 1. The first kappa shape index (κ1) is 21.5. The third-order valence-corrected chi connectivity index (χ3v) is 5.53. The maximum absolute atomic E-state index is 5.60. The smallest absolute Gasteiger partial charge is 0.193 e. The molecule has 0 amide bonds. The quantitative estimate of drug-likeness (QED) is 0.403. The molecule has 148 valence electrons. The average molecular weight is 475 g/mol. The van der Waals surface area contributed by atoms with E-state index < -0.39 is 0 Å². The highest BCUT2D eigenvalue weighted by Crippen LogP contribution is 2.21. The zero-order valence-corrected chi connectivity index (χ0v) is 18.7. The SMILES string of the molecule is CN=C(NCC(c1ccco1)N(C)C)N1CCC(N2CCCCC2)C1.I. The van der Waals surface area contributed by atoms with Crippen LogP contribution in [0.15, 0.2) is 27.8 Å². The molecule has 1 N–H and O–H groups in total. The summed E-state index contributed by atoms with van der Waals surface area (Å²) in [6, 6.07) is 4.88. The molecule has 0 spiro atoms. The Kier molecular flexibility index (Phi) is 8.69. The number of hydrogen-bond acceptors (Lipinski definition) is 4. The van der Waals surface area contributed by atoms with Crippen LogP contribution in [0.1, 0.15) is 37.5 Å². The van der Waals surface area contributed by atoms with Crippen molar-refractivity contribution in [3.05, 3.63) is 24.2 Å². The van der Waals surface area contributed by atoms with Gasteiger partial charge in [-0.2, -0.15) is 0 Å². The summed E-state index contributed by atoms with van der Waals surface area (Å²) in [6.45, 7) is 5.51. The van der Waals surface area contributed by atoms with Crippen LogP contribution in [0.5, 0.6) is 0 Å². The Morgan fingerprint density at radius 2 is 2.08 bits per heavy atom. The zero-order valence-electron chi connectivity index (χ0n) is 16.4. The van der Waals surface area contributed by atoms with Crippen LogP contribution < -0.4 is 5.32 Å². The number of guanidine groups is 1. The van der Waals surface area contributed by atoms with Crippen molar-refractivity contribution in [2.75, 3.05) is 53.9 Å². The van der Waals surface area contributed by atoms with E-state index in [1.54, 1.807) is 6.26 Å². The zero-order chi connectivity index (χ0) is 17.6. The van der Waals surface area contributed by atoms with Gasteiger partial charge in [-0.05, 0) is 58.6 Å². The van der Waals surface area contributed by atoms with Gasteiger partial charge in [-0.25, -0.2) is 0 Å². The second-order valence-corrected chi connectivity index (χ2v) is 7.41. The fourth-order valence-electron chi connectivity index (χ4n) is 4.05. The van der Waals surface area contributed by atoms with Crippen LogP contribution in [0.2, 0.25) is 0 Å². The fraction of sp³-hybridized carbons (Fsp3) is 0.737. The number of aliphatic imine (C=N–C) groups is 1. The molecule has 0 radical (unpaired) electrons. The summed E-state index contributed by atoms with van der Waals surface area (Å²) >= 11 is 0. The van der Waals surface area contributed by atoms with Crippen molar-refractivity contribution in [1.82, 2.24) is 20.0 Å². The van der Waals surface area contributed by atoms with Crippen molar-refractivity contribution < 1.29 is 4.42 Å². The summed E-state index contributed by atoms with van der Waals surface area (Å²) < 4.78 is 5.60. The van der Waals surface area contributed by atoms with Crippen LogP contribution in [0.25, 0.3) is 0 Å². The van der Waals surface area contributed by atoms with Crippen LogP contribution in [0.4, 0.5) is 0 Å². The molecule has 2 atom stereocenters. The van der Waals surface area contributed by atoms with Gasteiger partial charge in [0, 0.05) is 32.7 Å². The van der Waals surface area contributed by atoms with Gasteiger partial charge >= 0.3 is 0 Å². The van der Waals surface area contributed by atoms with Gasteiger partial charge in [0.1, 0.15) is 5.76 Å². The maximum Gasteiger partial charge on any atom is 0.193 e. The van der Waals surface area contributed by atoms with Crippen molar-refractivity contribution in [3.8, 4) is 0 Å². The number of hydrogen-bond donors (Lipinski definition) is 1.